The van der Waals surface area contributed by atoms with Crippen LogP contribution in [0.25, 0.3) is 0 Å². The van der Waals surface area contributed by atoms with Gasteiger partial charge in [0.2, 0.25) is 0 Å². The van der Waals surface area contributed by atoms with Crippen molar-refractivity contribution in [2.75, 3.05) is 43.4 Å². The molecule has 2 aromatic rings. The minimum absolute atomic E-state index is 0.0268. The van der Waals surface area contributed by atoms with Crippen LogP contribution < -0.4 is 9.80 Å². The van der Waals surface area contributed by atoms with E-state index in [2.05, 4.69) is 4.90 Å². The number of aromatic hydroxyl groups is 1. The van der Waals surface area contributed by atoms with Crippen LogP contribution in [0.1, 0.15) is 0 Å². The maximum Gasteiger partial charge on any atom is 0.185 e. The molecule has 0 saturated carbocycles. The van der Waals surface area contributed by atoms with Crippen LogP contribution in [0.5, 0.6) is 5.75 Å². The van der Waals surface area contributed by atoms with Crippen LogP contribution in [0.4, 0.5) is 5.69 Å². The second-order valence-corrected chi connectivity index (χ2v) is 9.29. The number of nitrogens with zero attached hydrogens (tertiary/aromatic N) is 1. The third kappa shape index (κ3) is 4.43. The van der Waals surface area contributed by atoms with Crippen LogP contribution in [-0.2, 0) is 9.84 Å². The van der Waals surface area contributed by atoms with Crippen LogP contribution in [0.15, 0.2) is 47.4 Å². The van der Waals surface area contributed by atoms with Gasteiger partial charge in [-0.05, 0) is 30.3 Å². The number of hydrogen-bond donors (Lipinski definition) is 2. The Bertz CT molecular complexity index is 882. The van der Waals surface area contributed by atoms with E-state index < -0.39 is 9.84 Å². The van der Waals surface area contributed by atoms with Gasteiger partial charge in [-0.1, -0.05) is 35.3 Å². The molecule has 1 fully saturated rings. The van der Waals surface area contributed by atoms with Crippen molar-refractivity contribution in [1.29, 1.82) is 0 Å². The van der Waals surface area contributed by atoms with Crippen molar-refractivity contribution in [3.05, 3.63) is 52.5 Å². The Morgan fingerprint density at radius 3 is 2.46 bits per heavy atom. The van der Waals surface area contributed by atoms with Gasteiger partial charge in [-0.2, -0.15) is 0 Å². The standard InChI is InChI=1S/C18H20Cl2N2O3S/c19-14-5-6-15(20)18(13-14)26(24,25)12-11-21-7-9-22(10-8-21)16-3-1-2-4-17(16)23/h1-6,13,23H,7-12H2/p+1. The zero-order chi connectivity index (χ0) is 18.7. The highest BCUT2D eigenvalue weighted by molar-refractivity contribution is 7.91. The number of hydrogen-bond acceptors (Lipinski definition) is 4. The summed E-state index contributed by atoms with van der Waals surface area (Å²) in [6, 6.07) is 11.8. The molecule has 0 atom stereocenters. The molecular formula is C18H21Cl2N2O3S+. The maximum absolute atomic E-state index is 12.6. The number of phenols is 1. The van der Waals surface area contributed by atoms with E-state index in [9.17, 15) is 13.5 Å². The number of nitrogens with one attached hydrogen (secondary N) is 1. The van der Waals surface area contributed by atoms with Gasteiger partial charge in [0.15, 0.2) is 9.84 Å². The third-order valence-corrected chi connectivity index (χ3v) is 7.07. The SMILES string of the molecule is O=S(=O)(CC[NH+]1CCN(c2ccccc2O)CC1)c1cc(Cl)ccc1Cl. The molecule has 2 N–H and O–H groups in total. The topological polar surface area (TPSA) is 62.0 Å². The molecule has 26 heavy (non-hydrogen) atoms. The summed E-state index contributed by atoms with van der Waals surface area (Å²) in [5.41, 5.74) is 0.824. The first kappa shape index (κ1) is 19.3. The first-order chi connectivity index (χ1) is 12.4. The Morgan fingerprint density at radius 1 is 1.08 bits per heavy atom. The largest absolute Gasteiger partial charge is 0.506 e. The Kier molecular flexibility index (Phi) is 5.97. The molecule has 0 radical (unpaired) electrons. The number of para-hydroxylation sites is 2. The number of benzene rings is 2. The summed E-state index contributed by atoms with van der Waals surface area (Å²) in [6.45, 7) is 3.68. The van der Waals surface area contributed by atoms with Crippen molar-refractivity contribution in [3.8, 4) is 5.75 Å². The van der Waals surface area contributed by atoms with Crippen molar-refractivity contribution < 1.29 is 18.4 Å². The molecule has 1 aliphatic heterocycles. The molecule has 0 bridgehead atoms. The lowest BCUT2D eigenvalue weighted by Crippen LogP contribution is -3.15. The van der Waals surface area contributed by atoms with E-state index in [1.54, 1.807) is 18.2 Å². The number of anilines is 1. The Balaban J connectivity index is 1.58. The van der Waals surface area contributed by atoms with Crippen LogP contribution in [-0.4, -0.2) is 52.0 Å². The highest BCUT2D eigenvalue weighted by Crippen LogP contribution is 2.27. The number of sulfone groups is 1. The predicted molar refractivity (Wildman–Crippen MR) is 104 cm³/mol. The zero-order valence-electron chi connectivity index (χ0n) is 14.2. The van der Waals surface area contributed by atoms with Gasteiger partial charge in [0, 0.05) is 5.02 Å². The van der Waals surface area contributed by atoms with E-state index >= 15 is 0 Å². The molecule has 140 valence electrons. The molecule has 0 amide bonds. The smallest absolute Gasteiger partial charge is 0.185 e. The fourth-order valence-electron chi connectivity index (χ4n) is 3.15. The van der Waals surface area contributed by atoms with Gasteiger partial charge >= 0.3 is 0 Å². The first-order valence-electron chi connectivity index (χ1n) is 8.41. The van der Waals surface area contributed by atoms with Crippen LogP contribution in [0.3, 0.4) is 0 Å². The summed E-state index contributed by atoms with van der Waals surface area (Å²) in [4.78, 5) is 3.44. The van der Waals surface area contributed by atoms with Gasteiger partial charge in [0.1, 0.15) is 11.5 Å². The number of piperazine rings is 1. The molecular weight excluding hydrogens is 395 g/mol. The molecule has 0 unspecified atom stereocenters. The van der Waals surface area contributed by atoms with Gasteiger partial charge < -0.3 is 14.9 Å². The van der Waals surface area contributed by atoms with Gasteiger partial charge in [-0.25, -0.2) is 8.42 Å². The summed E-state index contributed by atoms with van der Waals surface area (Å²) < 4.78 is 25.2. The summed E-state index contributed by atoms with van der Waals surface area (Å²) in [6.07, 6.45) is 0. The molecule has 0 aliphatic carbocycles. The monoisotopic (exact) mass is 415 g/mol. The third-order valence-electron chi connectivity index (χ3n) is 4.65. The summed E-state index contributed by atoms with van der Waals surface area (Å²) in [5, 5.41) is 10.5. The molecule has 3 rings (SSSR count). The second kappa shape index (κ2) is 8.05. The van der Waals surface area contributed by atoms with Crippen molar-refractivity contribution in [2.24, 2.45) is 0 Å². The van der Waals surface area contributed by atoms with Crippen LogP contribution in [0.2, 0.25) is 10.0 Å². The van der Waals surface area contributed by atoms with Gasteiger partial charge in [0.05, 0.1) is 48.3 Å². The van der Waals surface area contributed by atoms with Crippen LogP contribution in [0, 0.1) is 0 Å². The lowest BCUT2D eigenvalue weighted by molar-refractivity contribution is -0.898. The van der Waals surface area contributed by atoms with E-state index in [4.69, 9.17) is 23.2 Å². The minimum Gasteiger partial charge on any atom is -0.506 e. The van der Waals surface area contributed by atoms with Crippen molar-refractivity contribution in [3.63, 3.8) is 0 Å². The number of phenolic OH excluding ortho intramolecular Hbond substituents is 1. The van der Waals surface area contributed by atoms with E-state index in [0.717, 1.165) is 31.9 Å². The average Bonchev–Trinajstić information content (AvgIpc) is 2.63. The highest BCUT2D eigenvalue weighted by atomic mass is 35.5. The number of quaternary nitrogens is 1. The number of halogens is 2. The van der Waals surface area contributed by atoms with Crippen LogP contribution >= 0.6 is 23.2 Å². The fraction of sp³-hybridized carbons (Fsp3) is 0.333. The van der Waals surface area contributed by atoms with E-state index in [1.165, 1.54) is 17.0 Å². The molecule has 1 heterocycles. The Labute approximate surface area is 163 Å². The normalized spacial score (nSPS) is 16.0. The molecule has 0 aromatic heterocycles. The molecule has 2 aromatic carbocycles. The average molecular weight is 416 g/mol. The van der Waals surface area contributed by atoms with E-state index in [0.29, 0.717) is 11.6 Å². The maximum atomic E-state index is 12.6. The molecule has 5 nitrogen and oxygen atoms in total. The quantitative estimate of drug-likeness (QED) is 0.782. The fourth-order valence-corrected chi connectivity index (χ4v) is 5.31. The Hall–Kier alpha value is -1.47. The lowest BCUT2D eigenvalue weighted by atomic mass is 10.2. The van der Waals surface area contributed by atoms with Crippen molar-refractivity contribution in [1.82, 2.24) is 0 Å². The minimum atomic E-state index is -3.48. The van der Waals surface area contributed by atoms with Gasteiger partial charge in [-0.15, -0.1) is 0 Å². The zero-order valence-corrected chi connectivity index (χ0v) is 16.5. The van der Waals surface area contributed by atoms with E-state index in [1.807, 2.05) is 12.1 Å². The Morgan fingerprint density at radius 2 is 1.77 bits per heavy atom. The molecule has 1 saturated heterocycles. The van der Waals surface area contributed by atoms with Crippen molar-refractivity contribution in [2.45, 2.75) is 4.90 Å². The van der Waals surface area contributed by atoms with Gasteiger partial charge in [0.25, 0.3) is 0 Å². The molecule has 1 aliphatic rings. The predicted octanol–water partition coefficient (Wildman–Crippen LogP) is 1.88. The molecule has 0 spiro atoms. The molecule has 8 heteroatoms. The van der Waals surface area contributed by atoms with Gasteiger partial charge in [-0.3, -0.25) is 0 Å². The highest BCUT2D eigenvalue weighted by Gasteiger charge is 2.25. The summed E-state index contributed by atoms with van der Waals surface area (Å²) in [5.74, 6) is 0.299. The number of rotatable bonds is 5. The lowest BCUT2D eigenvalue weighted by Gasteiger charge is -2.33. The van der Waals surface area contributed by atoms with Crippen molar-refractivity contribution >= 4 is 38.7 Å². The van der Waals surface area contributed by atoms with E-state index in [-0.39, 0.29) is 21.4 Å². The summed E-state index contributed by atoms with van der Waals surface area (Å²) in [7, 11) is -3.48. The second-order valence-electron chi connectivity index (χ2n) is 6.37. The first-order valence-corrected chi connectivity index (χ1v) is 10.8. The summed E-state index contributed by atoms with van der Waals surface area (Å²) >= 11 is 11.9.